The summed E-state index contributed by atoms with van der Waals surface area (Å²) >= 11 is 0. The van der Waals surface area contributed by atoms with E-state index in [0.29, 0.717) is 24.7 Å². The van der Waals surface area contributed by atoms with Crippen molar-refractivity contribution >= 4 is 5.78 Å². The van der Waals surface area contributed by atoms with Crippen molar-refractivity contribution in [3.05, 3.63) is 23.3 Å². The van der Waals surface area contributed by atoms with E-state index >= 15 is 0 Å². The second-order valence-corrected chi connectivity index (χ2v) is 6.79. The first-order valence-corrected chi connectivity index (χ1v) is 8.54. The second-order valence-electron chi connectivity index (χ2n) is 6.79. The van der Waals surface area contributed by atoms with Crippen LogP contribution in [0, 0.1) is 23.2 Å². The molecular weight excluding hydrogens is 270 g/mol. The lowest BCUT2D eigenvalue weighted by Gasteiger charge is -2.17. The van der Waals surface area contributed by atoms with E-state index in [-0.39, 0.29) is 5.78 Å². The number of Topliss-reactive ketones (excluding diaryl/α,β-unsaturated/α-hetero) is 1. The average Bonchev–Trinajstić information content (AvgIpc) is 2.42. The predicted molar refractivity (Wildman–Crippen MR) is 94.5 cm³/mol. The first-order valence-electron chi connectivity index (χ1n) is 8.54. The molecule has 0 spiro atoms. The SMILES string of the molecule is CC(=O)CC/C=C(\C)CC/C=C(\C)CC[C@H](CC#N)C(C)C. The van der Waals surface area contributed by atoms with Gasteiger partial charge in [-0.2, -0.15) is 5.26 Å². The summed E-state index contributed by atoms with van der Waals surface area (Å²) < 4.78 is 0. The molecule has 0 saturated heterocycles. The number of rotatable bonds is 11. The molecule has 0 fully saturated rings. The summed E-state index contributed by atoms with van der Waals surface area (Å²) in [7, 11) is 0. The molecule has 0 heterocycles. The second kappa shape index (κ2) is 12.2. The molecular formula is C20H33NO. The summed E-state index contributed by atoms with van der Waals surface area (Å²) in [6.45, 7) is 10.4. The zero-order valence-corrected chi connectivity index (χ0v) is 15.1. The van der Waals surface area contributed by atoms with Crippen LogP contribution in [0.5, 0.6) is 0 Å². The average molecular weight is 303 g/mol. The van der Waals surface area contributed by atoms with Crippen molar-refractivity contribution < 1.29 is 4.79 Å². The highest BCUT2D eigenvalue weighted by Gasteiger charge is 2.12. The first kappa shape index (κ1) is 20.6. The molecule has 0 aromatic carbocycles. The molecule has 0 aliphatic rings. The molecule has 0 rings (SSSR count). The van der Waals surface area contributed by atoms with Gasteiger partial charge in [-0.3, -0.25) is 0 Å². The molecule has 0 aliphatic heterocycles. The number of nitriles is 1. The zero-order chi connectivity index (χ0) is 17.0. The normalized spacial score (nSPS) is 14.0. The highest BCUT2D eigenvalue weighted by Crippen LogP contribution is 2.23. The van der Waals surface area contributed by atoms with E-state index in [4.69, 9.17) is 5.26 Å². The van der Waals surface area contributed by atoms with Crippen LogP contribution in [-0.2, 0) is 4.79 Å². The Bertz CT molecular complexity index is 423. The third-order valence-corrected chi connectivity index (χ3v) is 4.23. The molecule has 2 nitrogen and oxygen atoms in total. The lowest BCUT2D eigenvalue weighted by atomic mass is 9.87. The van der Waals surface area contributed by atoms with Gasteiger partial charge in [0.15, 0.2) is 0 Å². The Labute approximate surface area is 137 Å². The smallest absolute Gasteiger partial charge is 0.130 e. The minimum atomic E-state index is 0.261. The topological polar surface area (TPSA) is 40.9 Å². The fourth-order valence-electron chi connectivity index (χ4n) is 2.47. The fraction of sp³-hybridized carbons (Fsp3) is 0.700. The highest BCUT2D eigenvalue weighted by molar-refractivity contribution is 5.75. The Morgan fingerprint density at radius 1 is 1.00 bits per heavy atom. The Balaban J connectivity index is 4.07. The highest BCUT2D eigenvalue weighted by atomic mass is 16.1. The molecule has 0 N–H and O–H groups in total. The molecule has 0 unspecified atom stereocenters. The maximum atomic E-state index is 10.9. The number of carbonyl (C=O) groups excluding carboxylic acids is 1. The quantitative estimate of drug-likeness (QED) is 0.439. The summed E-state index contributed by atoms with van der Waals surface area (Å²) in [5.74, 6) is 1.36. The number of nitrogens with zero attached hydrogens (tertiary/aromatic N) is 1. The van der Waals surface area contributed by atoms with Crippen LogP contribution < -0.4 is 0 Å². The standard InChI is InChI=1S/C20H33NO/c1-16(2)20(14-15-21)13-12-18(4)9-6-8-17(3)10-7-11-19(5)22/h9-10,16,20H,6-8,11-14H2,1-5H3/b17-10+,18-9+/t20-/m1/s1. The third kappa shape index (κ3) is 11.3. The number of hydrogen-bond acceptors (Lipinski definition) is 2. The van der Waals surface area contributed by atoms with Crippen LogP contribution in [0.2, 0.25) is 0 Å². The number of hydrogen-bond donors (Lipinski definition) is 0. The first-order chi connectivity index (χ1) is 10.4. The van der Waals surface area contributed by atoms with Crippen LogP contribution >= 0.6 is 0 Å². The lowest BCUT2D eigenvalue weighted by Crippen LogP contribution is -2.07. The molecule has 0 aromatic heterocycles. The Kier molecular flexibility index (Phi) is 11.5. The van der Waals surface area contributed by atoms with Crippen molar-refractivity contribution in [2.45, 2.75) is 79.6 Å². The monoisotopic (exact) mass is 303 g/mol. The molecule has 124 valence electrons. The molecule has 0 radical (unpaired) electrons. The van der Waals surface area contributed by atoms with Crippen molar-refractivity contribution in [3.8, 4) is 6.07 Å². The van der Waals surface area contributed by atoms with Crippen LogP contribution in [0.1, 0.15) is 79.6 Å². The van der Waals surface area contributed by atoms with Gasteiger partial charge in [0.25, 0.3) is 0 Å². The number of ketones is 1. The van der Waals surface area contributed by atoms with Gasteiger partial charge in [-0.05, 0) is 64.7 Å². The Morgan fingerprint density at radius 3 is 2.05 bits per heavy atom. The summed E-state index contributed by atoms with van der Waals surface area (Å²) in [5, 5.41) is 8.87. The van der Waals surface area contributed by atoms with Gasteiger partial charge in [0.05, 0.1) is 6.07 Å². The van der Waals surface area contributed by atoms with Crippen LogP contribution in [0.25, 0.3) is 0 Å². The van der Waals surface area contributed by atoms with Crippen LogP contribution in [-0.4, -0.2) is 5.78 Å². The van der Waals surface area contributed by atoms with Gasteiger partial charge in [0.2, 0.25) is 0 Å². The molecule has 0 aliphatic carbocycles. The van der Waals surface area contributed by atoms with Gasteiger partial charge in [0.1, 0.15) is 5.78 Å². The van der Waals surface area contributed by atoms with E-state index < -0.39 is 0 Å². The summed E-state index contributed by atoms with van der Waals surface area (Å²) in [4.78, 5) is 10.9. The van der Waals surface area contributed by atoms with Gasteiger partial charge < -0.3 is 4.79 Å². The molecule has 2 heteroatoms. The van der Waals surface area contributed by atoms with Crippen LogP contribution in [0.4, 0.5) is 0 Å². The van der Waals surface area contributed by atoms with Crippen LogP contribution in [0.15, 0.2) is 23.3 Å². The molecule has 0 saturated carbocycles. The van der Waals surface area contributed by atoms with Crippen molar-refractivity contribution in [1.29, 1.82) is 5.26 Å². The molecule has 0 bridgehead atoms. The summed E-state index contributed by atoms with van der Waals surface area (Å²) in [6, 6.07) is 2.31. The summed E-state index contributed by atoms with van der Waals surface area (Å²) in [5.41, 5.74) is 2.80. The van der Waals surface area contributed by atoms with Crippen molar-refractivity contribution in [1.82, 2.24) is 0 Å². The molecule has 0 amide bonds. The largest absolute Gasteiger partial charge is 0.300 e. The van der Waals surface area contributed by atoms with Gasteiger partial charge in [-0.15, -0.1) is 0 Å². The molecule has 1 atom stereocenters. The van der Waals surface area contributed by atoms with E-state index in [0.717, 1.165) is 32.1 Å². The van der Waals surface area contributed by atoms with E-state index in [2.05, 4.69) is 45.9 Å². The van der Waals surface area contributed by atoms with Crippen molar-refractivity contribution in [2.75, 3.05) is 0 Å². The van der Waals surface area contributed by atoms with Gasteiger partial charge in [-0.1, -0.05) is 37.1 Å². The number of carbonyl (C=O) groups is 1. The van der Waals surface area contributed by atoms with E-state index in [1.54, 1.807) is 6.92 Å². The van der Waals surface area contributed by atoms with Crippen molar-refractivity contribution in [3.63, 3.8) is 0 Å². The van der Waals surface area contributed by atoms with Crippen molar-refractivity contribution in [2.24, 2.45) is 11.8 Å². The lowest BCUT2D eigenvalue weighted by molar-refractivity contribution is -0.116. The minimum Gasteiger partial charge on any atom is -0.300 e. The zero-order valence-electron chi connectivity index (χ0n) is 15.1. The van der Waals surface area contributed by atoms with Gasteiger partial charge >= 0.3 is 0 Å². The maximum Gasteiger partial charge on any atom is 0.130 e. The van der Waals surface area contributed by atoms with E-state index in [1.807, 2.05) is 0 Å². The van der Waals surface area contributed by atoms with Gasteiger partial charge in [0, 0.05) is 12.8 Å². The van der Waals surface area contributed by atoms with E-state index in [1.165, 1.54) is 11.1 Å². The molecule has 0 aromatic rings. The number of allylic oxidation sites excluding steroid dienone is 4. The third-order valence-electron chi connectivity index (χ3n) is 4.23. The predicted octanol–water partition coefficient (Wildman–Crippen LogP) is 5.99. The summed E-state index contributed by atoms with van der Waals surface area (Å²) in [6.07, 6.45) is 11.1. The molecule has 22 heavy (non-hydrogen) atoms. The van der Waals surface area contributed by atoms with Crippen LogP contribution in [0.3, 0.4) is 0 Å². The Morgan fingerprint density at radius 2 is 1.55 bits per heavy atom. The fourth-order valence-corrected chi connectivity index (χ4v) is 2.47. The minimum absolute atomic E-state index is 0.261. The Hall–Kier alpha value is -1.36. The van der Waals surface area contributed by atoms with Gasteiger partial charge in [-0.25, -0.2) is 0 Å². The van der Waals surface area contributed by atoms with E-state index in [9.17, 15) is 4.79 Å². The maximum absolute atomic E-state index is 10.9.